The molecule has 1 saturated heterocycles. The summed E-state index contributed by atoms with van der Waals surface area (Å²) in [4.78, 5) is 22.8. The molecule has 0 spiro atoms. The molecule has 1 amide bonds. The van der Waals surface area contributed by atoms with E-state index in [9.17, 15) is 9.90 Å². The number of carbonyl (C=O) groups excluding carboxylic acids is 1. The standard InChI is InChI=1S/C19H19N3O3/c1-12-6-14-7-13(2-3-18(14)25-12)19(24)22-10-15(17(23)11-22)8-16-9-20-4-5-21-16/h2-7,9,15,17,23H,8,10-11H2,1H3/t15-,17-/m1/s1. The van der Waals surface area contributed by atoms with Gasteiger partial charge in [-0.2, -0.15) is 0 Å². The first-order chi connectivity index (χ1) is 12.1. The molecule has 0 radical (unpaired) electrons. The summed E-state index contributed by atoms with van der Waals surface area (Å²) in [7, 11) is 0. The van der Waals surface area contributed by atoms with Gasteiger partial charge in [0.15, 0.2) is 0 Å². The van der Waals surface area contributed by atoms with E-state index in [4.69, 9.17) is 4.42 Å². The molecular weight excluding hydrogens is 318 g/mol. The van der Waals surface area contributed by atoms with Gasteiger partial charge in [-0.25, -0.2) is 0 Å². The van der Waals surface area contributed by atoms with Crippen molar-refractivity contribution < 1.29 is 14.3 Å². The van der Waals surface area contributed by atoms with Crippen molar-refractivity contribution in [2.24, 2.45) is 5.92 Å². The van der Waals surface area contributed by atoms with E-state index in [1.165, 1.54) is 0 Å². The third-order valence-electron chi connectivity index (χ3n) is 4.67. The van der Waals surface area contributed by atoms with Gasteiger partial charge in [-0.3, -0.25) is 14.8 Å². The van der Waals surface area contributed by atoms with Gasteiger partial charge in [0.2, 0.25) is 0 Å². The number of hydrogen-bond donors (Lipinski definition) is 1. The minimum Gasteiger partial charge on any atom is -0.461 e. The molecule has 0 unspecified atom stereocenters. The van der Waals surface area contributed by atoms with Gasteiger partial charge in [-0.15, -0.1) is 0 Å². The number of aliphatic hydroxyl groups excluding tert-OH is 1. The topological polar surface area (TPSA) is 79.5 Å². The number of aromatic nitrogens is 2. The molecule has 1 fully saturated rings. The van der Waals surface area contributed by atoms with E-state index in [0.717, 1.165) is 22.4 Å². The van der Waals surface area contributed by atoms with E-state index < -0.39 is 6.10 Å². The molecule has 1 aliphatic rings. The Balaban J connectivity index is 1.50. The summed E-state index contributed by atoms with van der Waals surface area (Å²) < 4.78 is 5.55. The number of amides is 1. The fourth-order valence-electron chi connectivity index (χ4n) is 3.42. The summed E-state index contributed by atoms with van der Waals surface area (Å²) in [5.74, 6) is 0.724. The van der Waals surface area contributed by atoms with Crippen LogP contribution in [0.25, 0.3) is 11.0 Å². The van der Waals surface area contributed by atoms with Crippen molar-refractivity contribution >= 4 is 16.9 Å². The molecule has 0 saturated carbocycles. The van der Waals surface area contributed by atoms with Crippen LogP contribution in [0.5, 0.6) is 0 Å². The summed E-state index contributed by atoms with van der Waals surface area (Å²) >= 11 is 0. The normalized spacial score (nSPS) is 20.3. The van der Waals surface area contributed by atoms with Crippen LogP contribution in [0.3, 0.4) is 0 Å². The summed E-state index contributed by atoms with van der Waals surface area (Å²) in [5, 5.41) is 11.3. The molecule has 6 nitrogen and oxygen atoms in total. The van der Waals surface area contributed by atoms with Gasteiger partial charge < -0.3 is 14.4 Å². The van der Waals surface area contributed by atoms with Crippen molar-refractivity contribution in [3.05, 3.63) is 59.9 Å². The number of likely N-dealkylation sites (tertiary alicyclic amines) is 1. The summed E-state index contributed by atoms with van der Waals surface area (Å²) in [5.41, 5.74) is 2.22. The first-order valence-electron chi connectivity index (χ1n) is 8.32. The van der Waals surface area contributed by atoms with Crippen molar-refractivity contribution in [1.82, 2.24) is 14.9 Å². The third-order valence-corrected chi connectivity index (χ3v) is 4.67. The van der Waals surface area contributed by atoms with Gasteiger partial charge in [0.1, 0.15) is 11.3 Å². The Morgan fingerprint density at radius 3 is 3.00 bits per heavy atom. The van der Waals surface area contributed by atoms with Crippen LogP contribution in [0, 0.1) is 12.8 Å². The Morgan fingerprint density at radius 2 is 2.20 bits per heavy atom. The third kappa shape index (κ3) is 3.13. The molecule has 2 atom stereocenters. The predicted octanol–water partition coefficient (Wildman–Crippen LogP) is 2.21. The van der Waals surface area contributed by atoms with Crippen LogP contribution in [-0.4, -0.2) is 45.1 Å². The van der Waals surface area contributed by atoms with Crippen LogP contribution < -0.4 is 0 Å². The van der Waals surface area contributed by atoms with Crippen molar-refractivity contribution in [3.8, 4) is 0 Å². The second-order valence-corrected chi connectivity index (χ2v) is 6.55. The maximum absolute atomic E-state index is 12.8. The van der Waals surface area contributed by atoms with Gasteiger partial charge in [0, 0.05) is 48.5 Å². The minimum absolute atomic E-state index is 0.0273. The maximum Gasteiger partial charge on any atom is 0.253 e. The summed E-state index contributed by atoms with van der Waals surface area (Å²) in [6, 6.07) is 7.35. The maximum atomic E-state index is 12.8. The minimum atomic E-state index is -0.550. The van der Waals surface area contributed by atoms with E-state index in [1.807, 2.05) is 25.1 Å². The van der Waals surface area contributed by atoms with E-state index in [-0.39, 0.29) is 11.8 Å². The average Bonchev–Trinajstić information content (AvgIpc) is 3.16. The lowest BCUT2D eigenvalue weighted by Crippen LogP contribution is -2.29. The number of β-amino-alcohol motifs (C(OH)–C–C–N with tert-alkyl or cyclic N) is 1. The molecule has 0 aliphatic carbocycles. The summed E-state index contributed by atoms with van der Waals surface area (Å²) in [6.07, 6.45) is 5.02. The Bertz CT molecular complexity index is 907. The van der Waals surface area contributed by atoms with Gasteiger partial charge in [0.25, 0.3) is 5.91 Å². The average molecular weight is 337 g/mol. The molecular formula is C19H19N3O3. The van der Waals surface area contributed by atoms with E-state index in [1.54, 1.807) is 29.6 Å². The molecule has 4 rings (SSSR count). The lowest BCUT2D eigenvalue weighted by atomic mass is 10.0. The first kappa shape index (κ1) is 15.8. The van der Waals surface area contributed by atoms with E-state index in [2.05, 4.69) is 9.97 Å². The molecule has 25 heavy (non-hydrogen) atoms. The van der Waals surface area contributed by atoms with Gasteiger partial charge >= 0.3 is 0 Å². The Morgan fingerprint density at radius 1 is 1.32 bits per heavy atom. The molecule has 128 valence electrons. The number of nitrogens with zero attached hydrogens (tertiary/aromatic N) is 3. The van der Waals surface area contributed by atoms with Crippen LogP contribution in [0.2, 0.25) is 0 Å². The number of benzene rings is 1. The number of hydrogen-bond acceptors (Lipinski definition) is 5. The molecule has 1 aromatic carbocycles. The SMILES string of the molecule is Cc1cc2cc(C(=O)N3C[C@@H](Cc4cnccn4)[C@H](O)C3)ccc2o1. The van der Waals surface area contributed by atoms with Gasteiger partial charge in [0.05, 0.1) is 11.8 Å². The van der Waals surface area contributed by atoms with Crippen LogP contribution in [0.1, 0.15) is 21.8 Å². The van der Waals surface area contributed by atoms with Crippen LogP contribution >= 0.6 is 0 Å². The second-order valence-electron chi connectivity index (χ2n) is 6.55. The number of carbonyl (C=O) groups is 1. The molecule has 3 aromatic rings. The first-order valence-corrected chi connectivity index (χ1v) is 8.32. The predicted molar refractivity (Wildman–Crippen MR) is 92.1 cm³/mol. The highest BCUT2D eigenvalue weighted by molar-refractivity contribution is 5.98. The zero-order valence-electron chi connectivity index (χ0n) is 13.9. The number of aryl methyl sites for hydroxylation is 1. The smallest absolute Gasteiger partial charge is 0.253 e. The number of furan rings is 1. The van der Waals surface area contributed by atoms with Crippen molar-refractivity contribution in [2.75, 3.05) is 13.1 Å². The van der Waals surface area contributed by atoms with Crippen LogP contribution in [-0.2, 0) is 6.42 Å². The highest BCUT2D eigenvalue weighted by Gasteiger charge is 2.34. The van der Waals surface area contributed by atoms with Gasteiger partial charge in [-0.1, -0.05) is 0 Å². The Labute approximate surface area is 145 Å². The lowest BCUT2D eigenvalue weighted by Gasteiger charge is -2.16. The number of rotatable bonds is 3. The zero-order chi connectivity index (χ0) is 17.4. The van der Waals surface area contributed by atoms with Crippen molar-refractivity contribution in [3.63, 3.8) is 0 Å². The van der Waals surface area contributed by atoms with Crippen molar-refractivity contribution in [2.45, 2.75) is 19.4 Å². The number of aliphatic hydroxyl groups is 1. The molecule has 2 aromatic heterocycles. The highest BCUT2D eigenvalue weighted by Crippen LogP contribution is 2.25. The molecule has 1 N–H and O–H groups in total. The Hall–Kier alpha value is -2.73. The molecule has 0 bridgehead atoms. The van der Waals surface area contributed by atoms with E-state index >= 15 is 0 Å². The molecule has 6 heteroatoms. The molecule has 1 aliphatic heterocycles. The fourth-order valence-corrected chi connectivity index (χ4v) is 3.42. The quantitative estimate of drug-likeness (QED) is 0.793. The van der Waals surface area contributed by atoms with Crippen LogP contribution in [0.4, 0.5) is 0 Å². The van der Waals surface area contributed by atoms with Crippen LogP contribution in [0.15, 0.2) is 47.3 Å². The molecule has 3 heterocycles. The largest absolute Gasteiger partial charge is 0.461 e. The fraction of sp³-hybridized carbons (Fsp3) is 0.316. The Kier molecular flexibility index (Phi) is 3.97. The van der Waals surface area contributed by atoms with Gasteiger partial charge in [-0.05, 0) is 37.6 Å². The van der Waals surface area contributed by atoms with E-state index in [0.29, 0.717) is 25.1 Å². The highest BCUT2D eigenvalue weighted by atomic mass is 16.3. The monoisotopic (exact) mass is 337 g/mol. The zero-order valence-corrected chi connectivity index (χ0v) is 13.9. The van der Waals surface area contributed by atoms with Crippen molar-refractivity contribution in [1.29, 1.82) is 0 Å². The lowest BCUT2D eigenvalue weighted by molar-refractivity contribution is 0.0765. The number of fused-ring (bicyclic) bond motifs is 1. The summed E-state index contributed by atoms with van der Waals surface area (Å²) in [6.45, 7) is 2.74. The second kappa shape index (κ2) is 6.29.